The maximum Gasteiger partial charge on any atom is 0.309 e. The molecule has 2 aliphatic heterocycles. The summed E-state index contributed by atoms with van der Waals surface area (Å²) in [6.45, 7) is 6.37. The number of ether oxygens (including phenoxy) is 1. The molecule has 2 heterocycles. The summed E-state index contributed by atoms with van der Waals surface area (Å²) in [6, 6.07) is 6.38. The zero-order chi connectivity index (χ0) is 20.5. The minimum Gasteiger partial charge on any atom is -0.460 e. The van der Waals surface area contributed by atoms with Crippen molar-refractivity contribution >= 4 is 27.6 Å². The fourth-order valence-corrected chi connectivity index (χ4v) is 5.36. The number of hydrogen-bond donors (Lipinski definition) is 1. The number of sulfonamides is 1. The summed E-state index contributed by atoms with van der Waals surface area (Å²) >= 11 is 0. The monoisotopic (exact) mass is 408 g/mol. The molecule has 1 aromatic rings. The van der Waals surface area contributed by atoms with Gasteiger partial charge in [-0.1, -0.05) is 26.8 Å². The second-order valence-corrected chi connectivity index (χ2v) is 10.1. The first-order valence-corrected chi connectivity index (χ1v) is 11.4. The van der Waals surface area contributed by atoms with E-state index in [9.17, 15) is 18.0 Å². The fraction of sp³-hybridized carbons (Fsp3) is 0.600. The summed E-state index contributed by atoms with van der Waals surface area (Å²) < 4.78 is 31.1. The van der Waals surface area contributed by atoms with Gasteiger partial charge < -0.3 is 10.1 Å². The van der Waals surface area contributed by atoms with Gasteiger partial charge >= 0.3 is 5.97 Å². The Balaban J connectivity index is 1.77. The molecule has 0 unspecified atom stereocenters. The Bertz CT molecular complexity index is 852. The molecule has 1 N–H and O–H groups in total. The molecule has 0 bridgehead atoms. The van der Waals surface area contributed by atoms with E-state index in [0.29, 0.717) is 43.0 Å². The lowest BCUT2D eigenvalue weighted by molar-refractivity contribution is -0.144. The number of carbonyl (C=O) groups excluding carboxylic acids is 2. The highest BCUT2D eigenvalue weighted by Crippen LogP contribution is 2.27. The van der Waals surface area contributed by atoms with Gasteiger partial charge in [-0.2, -0.15) is 0 Å². The predicted molar refractivity (Wildman–Crippen MR) is 107 cm³/mol. The van der Waals surface area contributed by atoms with Crippen molar-refractivity contribution < 1.29 is 22.7 Å². The minimum absolute atomic E-state index is 0.130. The predicted octanol–water partition coefficient (Wildman–Crippen LogP) is 2.32. The SMILES string of the molecule is CC(C)C[C@H](NC(=O)c1cccc(N2CCCS2(=O)=O)c1)[C@H]1C[C@@H](C)C(=O)O1. The Morgan fingerprint density at radius 1 is 1.36 bits per heavy atom. The van der Waals surface area contributed by atoms with E-state index in [0.717, 1.165) is 0 Å². The van der Waals surface area contributed by atoms with Crippen molar-refractivity contribution in [1.82, 2.24) is 5.32 Å². The lowest BCUT2D eigenvalue weighted by Crippen LogP contribution is -2.44. The van der Waals surface area contributed by atoms with Crippen molar-refractivity contribution in [1.29, 1.82) is 0 Å². The van der Waals surface area contributed by atoms with E-state index in [1.807, 2.05) is 6.92 Å². The van der Waals surface area contributed by atoms with Crippen molar-refractivity contribution in [2.24, 2.45) is 11.8 Å². The average molecular weight is 409 g/mol. The van der Waals surface area contributed by atoms with Crippen LogP contribution in [-0.2, 0) is 19.6 Å². The molecule has 2 saturated heterocycles. The molecule has 0 aromatic heterocycles. The van der Waals surface area contributed by atoms with Gasteiger partial charge in [0, 0.05) is 12.1 Å². The van der Waals surface area contributed by atoms with E-state index in [-0.39, 0.29) is 35.7 Å². The van der Waals surface area contributed by atoms with Crippen LogP contribution in [-0.4, -0.2) is 44.7 Å². The van der Waals surface area contributed by atoms with Crippen molar-refractivity contribution in [3.8, 4) is 0 Å². The Hall–Kier alpha value is -2.09. The zero-order valence-corrected chi connectivity index (χ0v) is 17.4. The fourth-order valence-electron chi connectivity index (χ4n) is 3.80. The van der Waals surface area contributed by atoms with Crippen LogP contribution in [0, 0.1) is 11.8 Å². The van der Waals surface area contributed by atoms with Crippen LogP contribution in [0.2, 0.25) is 0 Å². The molecule has 2 fully saturated rings. The largest absolute Gasteiger partial charge is 0.460 e. The number of rotatable bonds is 6. The molecular formula is C20H28N2O5S. The summed E-state index contributed by atoms with van der Waals surface area (Å²) in [5, 5.41) is 3.00. The molecule has 1 amide bonds. The second-order valence-electron chi connectivity index (χ2n) is 8.11. The molecule has 28 heavy (non-hydrogen) atoms. The number of benzene rings is 1. The highest BCUT2D eigenvalue weighted by molar-refractivity contribution is 7.93. The van der Waals surface area contributed by atoms with Gasteiger partial charge in [-0.15, -0.1) is 0 Å². The molecule has 8 heteroatoms. The zero-order valence-electron chi connectivity index (χ0n) is 16.6. The first-order valence-electron chi connectivity index (χ1n) is 9.79. The smallest absolute Gasteiger partial charge is 0.309 e. The summed E-state index contributed by atoms with van der Waals surface area (Å²) in [7, 11) is -3.30. The first kappa shape index (κ1) is 20.6. The van der Waals surface area contributed by atoms with E-state index < -0.39 is 10.0 Å². The second kappa shape index (κ2) is 8.11. The molecule has 7 nitrogen and oxygen atoms in total. The number of nitrogens with one attached hydrogen (secondary N) is 1. The van der Waals surface area contributed by atoms with E-state index >= 15 is 0 Å². The van der Waals surface area contributed by atoms with E-state index in [1.54, 1.807) is 24.3 Å². The number of nitrogens with zero attached hydrogens (tertiary/aromatic N) is 1. The van der Waals surface area contributed by atoms with Gasteiger partial charge in [0.25, 0.3) is 5.91 Å². The van der Waals surface area contributed by atoms with Crippen LogP contribution >= 0.6 is 0 Å². The van der Waals surface area contributed by atoms with Gasteiger partial charge in [0.1, 0.15) is 6.10 Å². The van der Waals surface area contributed by atoms with Crippen molar-refractivity contribution in [3.63, 3.8) is 0 Å². The molecule has 1 aromatic carbocycles. The third kappa shape index (κ3) is 4.48. The van der Waals surface area contributed by atoms with Crippen LogP contribution in [0.5, 0.6) is 0 Å². The van der Waals surface area contributed by atoms with Gasteiger partial charge in [-0.3, -0.25) is 13.9 Å². The molecule has 154 valence electrons. The van der Waals surface area contributed by atoms with Gasteiger partial charge in [-0.25, -0.2) is 8.42 Å². The highest BCUT2D eigenvalue weighted by Gasteiger charge is 2.37. The lowest BCUT2D eigenvalue weighted by atomic mass is 9.94. The third-order valence-corrected chi connectivity index (χ3v) is 7.11. The molecule has 3 rings (SSSR count). The molecule has 3 atom stereocenters. The van der Waals surface area contributed by atoms with Crippen LogP contribution in [0.3, 0.4) is 0 Å². The van der Waals surface area contributed by atoms with Crippen molar-refractivity contribution in [3.05, 3.63) is 29.8 Å². The Morgan fingerprint density at radius 2 is 2.11 bits per heavy atom. The number of hydrogen-bond acceptors (Lipinski definition) is 5. The summed E-state index contributed by atoms with van der Waals surface area (Å²) in [6.07, 6.45) is 1.52. The standard InChI is InChI=1S/C20H28N2O5S/c1-13(2)10-17(18-11-14(3)20(24)27-18)21-19(23)15-6-4-7-16(12-15)22-8-5-9-28(22,25)26/h4,6-7,12-14,17-18H,5,8-11H2,1-3H3,(H,21,23)/t14-,17+,18-/m1/s1. The number of anilines is 1. The lowest BCUT2D eigenvalue weighted by Gasteiger charge is -2.25. The van der Waals surface area contributed by atoms with Crippen LogP contribution < -0.4 is 9.62 Å². The van der Waals surface area contributed by atoms with E-state index in [1.165, 1.54) is 4.31 Å². The number of esters is 1. The third-order valence-electron chi connectivity index (χ3n) is 5.24. The quantitative estimate of drug-likeness (QED) is 0.729. The van der Waals surface area contributed by atoms with E-state index in [4.69, 9.17) is 4.74 Å². The topological polar surface area (TPSA) is 92.8 Å². The molecule has 0 saturated carbocycles. The first-order chi connectivity index (χ1) is 13.2. The van der Waals surface area contributed by atoms with Crippen molar-refractivity contribution in [2.45, 2.75) is 52.2 Å². The molecule has 0 radical (unpaired) electrons. The van der Waals surface area contributed by atoms with Gasteiger partial charge in [0.15, 0.2) is 0 Å². The summed E-state index contributed by atoms with van der Waals surface area (Å²) in [5.74, 6) is -0.235. The number of amides is 1. The van der Waals surface area contributed by atoms with Crippen molar-refractivity contribution in [2.75, 3.05) is 16.6 Å². The molecule has 0 aliphatic carbocycles. The van der Waals surface area contributed by atoms with Gasteiger partial charge in [-0.05, 0) is 43.4 Å². The van der Waals surface area contributed by atoms with E-state index in [2.05, 4.69) is 19.2 Å². The maximum atomic E-state index is 12.9. The molecular weight excluding hydrogens is 380 g/mol. The molecule has 2 aliphatic rings. The summed E-state index contributed by atoms with van der Waals surface area (Å²) in [4.78, 5) is 24.7. The van der Waals surface area contributed by atoms with Gasteiger partial charge in [0.05, 0.1) is 23.4 Å². The van der Waals surface area contributed by atoms with Gasteiger partial charge in [0.2, 0.25) is 10.0 Å². The highest BCUT2D eigenvalue weighted by atomic mass is 32.2. The Kier molecular flexibility index (Phi) is 5.98. The Labute approximate surface area is 166 Å². The normalized spacial score (nSPS) is 25.0. The maximum absolute atomic E-state index is 12.9. The Morgan fingerprint density at radius 3 is 2.68 bits per heavy atom. The average Bonchev–Trinajstić information content (AvgIpc) is 3.15. The number of cyclic esters (lactones) is 1. The minimum atomic E-state index is -3.30. The summed E-state index contributed by atoms with van der Waals surface area (Å²) in [5.41, 5.74) is 0.900. The van der Waals surface area contributed by atoms with Crippen LogP contribution in [0.4, 0.5) is 5.69 Å². The van der Waals surface area contributed by atoms with Crippen LogP contribution in [0.15, 0.2) is 24.3 Å². The molecule has 0 spiro atoms. The number of carbonyl (C=O) groups is 2. The van der Waals surface area contributed by atoms with Crippen LogP contribution in [0.25, 0.3) is 0 Å². The van der Waals surface area contributed by atoms with Crippen LogP contribution in [0.1, 0.15) is 50.4 Å².